The van der Waals surface area contributed by atoms with Crippen molar-refractivity contribution in [1.29, 1.82) is 0 Å². The van der Waals surface area contributed by atoms with Gasteiger partial charge in [-0.15, -0.1) is 0 Å². The zero-order valence-electron chi connectivity index (χ0n) is 12.4. The lowest BCUT2D eigenvalue weighted by molar-refractivity contribution is -0.117. The van der Waals surface area contributed by atoms with Gasteiger partial charge in [-0.3, -0.25) is 9.69 Å². The molecule has 0 spiro atoms. The molecule has 0 aromatic carbocycles. The van der Waals surface area contributed by atoms with Crippen LogP contribution in [0.5, 0.6) is 0 Å². The Hall–Kier alpha value is -1.42. The van der Waals surface area contributed by atoms with Crippen molar-refractivity contribution >= 4 is 11.7 Å². The van der Waals surface area contributed by atoms with Crippen molar-refractivity contribution < 1.29 is 4.79 Å². The third-order valence-corrected chi connectivity index (χ3v) is 4.29. The molecule has 3 heterocycles. The fourth-order valence-corrected chi connectivity index (χ4v) is 2.97. The average Bonchev–Trinajstić information content (AvgIpc) is 2.75. The summed E-state index contributed by atoms with van der Waals surface area (Å²) in [5.41, 5.74) is 1.06. The highest BCUT2D eigenvalue weighted by atomic mass is 16.2. The molecule has 1 unspecified atom stereocenters. The number of carbonyl (C=O) groups excluding carboxylic acids is 1. The van der Waals surface area contributed by atoms with Gasteiger partial charge in [0.15, 0.2) is 0 Å². The molecule has 108 valence electrons. The summed E-state index contributed by atoms with van der Waals surface area (Å²) in [5, 5.41) is 0. The van der Waals surface area contributed by atoms with Gasteiger partial charge in [-0.1, -0.05) is 19.9 Å². The number of likely N-dealkylation sites (tertiary alicyclic amines) is 1. The van der Waals surface area contributed by atoms with Crippen molar-refractivity contribution in [2.45, 2.75) is 32.6 Å². The zero-order valence-corrected chi connectivity index (χ0v) is 12.4. The largest absolute Gasteiger partial charge is 0.303 e. The van der Waals surface area contributed by atoms with Gasteiger partial charge in [0.1, 0.15) is 5.82 Å². The molecule has 1 amide bonds. The molecular formula is C16H23N3O. The predicted molar refractivity (Wildman–Crippen MR) is 79.8 cm³/mol. The topological polar surface area (TPSA) is 36.4 Å². The number of amides is 1. The maximum atomic E-state index is 12.2. The lowest BCUT2D eigenvalue weighted by Gasteiger charge is -2.32. The number of hydrogen-bond acceptors (Lipinski definition) is 3. The summed E-state index contributed by atoms with van der Waals surface area (Å²) in [6.07, 6.45) is 1.98. The second-order valence-electron chi connectivity index (χ2n) is 6.30. The summed E-state index contributed by atoms with van der Waals surface area (Å²) in [6.45, 7) is 8.54. The first kappa shape index (κ1) is 13.6. The highest BCUT2D eigenvalue weighted by Gasteiger charge is 2.33. The molecule has 20 heavy (non-hydrogen) atoms. The Bertz CT molecular complexity index is 496. The van der Waals surface area contributed by atoms with Crippen molar-refractivity contribution in [2.24, 2.45) is 5.92 Å². The molecule has 0 aliphatic carbocycles. The highest BCUT2D eigenvalue weighted by Crippen LogP contribution is 2.26. The van der Waals surface area contributed by atoms with Gasteiger partial charge in [0.05, 0.1) is 0 Å². The number of hydrogen-bond donors (Lipinski definition) is 0. The fraction of sp³-hybridized carbons (Fsp3) is 0.625. The number of aromatic nitrogens is 1. The molecule has 0 saturated carbocycles. The van der Waals surface area contributed by atoms with Crippen LogP contribution in [0.2, 0.25) is 0 Å². The van der Waals surface area contributed by atoms with Gasteiger partial charge in [0, 0.05) is 25.2 Å². The van der Waals surface area contributed by atoms with Crippen LogP contribution in [-0.2, 0) is 4.79 Å². The predicted octanol–water partition coefficient (Wildman–Crippen LogP) is 2.26. The Labute approximate surface area is 120 Å². The van der Waals surface area contributed by atoms with Crippen LogP contribution in [0.1, 0.15) is 38.3 Å². The number of carbonyl (C=O) groups is 1. The summed E-state index contributed by atoms with van der Waals surface area (Å²) in [7, 11) is 0. The zero-order chi connectivity index (χ0) is 14.1. The molecule has 3 rings (SSSR count). The van der Waals surface area contributed by atoms with Crippen molar-refractivity contribution in [1.82, 2.24) is 9.88 Å². The minimum absolute atomic E-state index is 0.226. The minimum Gasteiger partial charge on any atom is -0.303 e. The molecule has 1 atom stereocenters. The summed E-state index contributed by atoms with van der Waals surface area (Å²) in [4.78, 5) is 21.2. The van der Waals surface area contributed by atoms with Gasteiger partial charge in [0.25, 0.3) is 0 Å². The summed E-state index contributed by atoms with van der Waals surface area (Å²) >= 11 is 0. The SMILES string of the molecule is CC(C)c1cccc(N2CC(CN3CCC3)CC2=O)n1. The van der Waals surface area contributed by atoms with Crippen LogP contribution in [0, 0.1) is 5.92 Å². The molecule has 2 aliphatic rings. The number of rotatable bonds is 4. The molecule has 4 nitrogen and oxygen atoms in total. The number of nitrogens with zero attached hydrogens (tertiary/aromatic N) is 3. The van der Waals surface area contributed by atoms with E-state index in [4.69, 9.17) is 0 Å². The van der Waals surface area contributed by atoms with Gasteiger partial charge in [-0.25, -0.2) is 4.98 Å². The minimum atomic E-state index is 0.226. The lowest BCUT2D eigenvalue weighted by atomic mass is 10.1. The van der Waals surface area contributed by atoms with E-state index in [9.17, 15) is 4.79 Å². The van der Waals surface area contributed by atoms with Crippen LogP contribution in [0.25, 0.3) is 0 Å². The molecule has 1 aromatic heterocycles. The monoisotopic (exact) mass is 273 g/mol. The van der Waals surface area contributed by atoms with Crippen LogP contribution in [0.15, 0.2) is 18.2 Å². The standard InChI is InChI=1S/C16H23N3O/c1-12(2)14-5-3-6-15(17-14)19-11-13(9-16(19)20)10-18-7-4-8-18/h3,5-6,12-13H,4,7-11H2,1-2H3. The van der Waals surface area contributed by atoms with Crippen LogP contribution < -0.4 is 4.90 Å². The Morgan fingerprint density at radius 3 is 2.80 bits per heavy atom. The van der Waals surface area contributed by atoms with Gasteiger partial charge in [0.2, 0.25) is 5.91 Å². The first-order valence-corrected chi connectivity index (χ1v) is 7.63. The maximum absolute atomic E-state index is 12.2. The Kier molecular flexibility index (Phi) is 3.74. The normalized spacial score (nSPS) is 23.4. The van der Waals surface area contributed by atoms with E-state index >= 15 is 0 Å². The van der Waals surface area contributed by atoms with E-state index in [0.717, 1.165) is 24.6 Å². The highest BCUT2D eigenvalue weighted by molar-refractivity contribution is 5.94. The molecule has 0 N–H and O–H groups in total. The summed E-state index contributed by atoms with van der Waals surface area (Å²) in [6, 6.07) is 6.00. The lowest BCUT2D eigenvalue weighted by Crippen LogP contribution is -2.41. The Balaban J connectivity index is 1.70. The van der Waals surface area contributed by atoms with Crippen LogP contribution >= 0.6 is 0 Å². The van der Waals surface area contributed by atoms with Crippen LogP contribution in [0.3, 0.4) is 0 Å². The number of anilines is 1. The first-order chi connectivity index (χ1) is 9.63. The fourth-order valence-electron chi connectivity index (χ4n) is 2.97. The molecule has 0 radical (unpaired) electrons. The molecule has 0 bridgehead atoms. The Morgan fingerprint density at radius 2 is 2.15 bits per heavy atom. The van der Waals surface area contributed by atoms with Crippen molar-refractivity contribution in [2.75, 3.05) is 31.1 Å². The quantitative estimate of drug-likeness (QED) is 0.844. The second kappa shape index (κ2) is 5.52. The van der Waals surface area contributed by atoms with Gasteiger partial charge in [-0.2, -0.15) is 0 Å². The molecule has 2 aliphatic heterocycles. The van der Waals surface area contributed by atoms with Crippen LogP contribution in [0.4, 0.5) is 5.82 Å². The molecular weight excluding hydrogens is 250 g/mol. The smallest absolute Gasteiger partial charge is 0.228 e. The number of pyridine rings is 1. The third-order valence-electron chi connectivity index (χ3n) is 4.29. The van der Waals surface area contributed by atoms with Gasteiger partial charge >= 0.3 is 0 Å². The molecule has 2 saturated heterocycles. The average molecular weight is 273 g/mol. The summed E-state index contributed by atoms with van der Waals surface area (Å²) in [5.74, 6) is 1.91. The van der Waals surface area contributed by atoms with Crippen molar-refractivity contribution in [3.05, 3.63) is 23.9 Å². The van der Waals surface area contributed by atoms with Gasteiger partial charge in [-0.05, 0) is 43.5 Å². The first-order valence-electron chi connectivity index (χ1n) is 7.63. The van der Waals surface area contributed by atoms with Crippen molar-refractivity contribution in [3.63, 3.8) is 0 Å². The van der Waals surface area contributed by atoms with E-state index in [-0.39, 0.29) is 5.91 Å². The van der Waals surface area contributed by atoms with E-state index in [1.807, 2.05) is 23.1 Å². The van der Waals surface area contributed by atoms with E-state index in [0.29, 0.717) is 18.3 Å². The molecule has 4 heteroatoms. The van der Waals surface area contributed by atoms with E-state index in [1.54, 1.807) is 0 Å². The Morgan fingerprint density at radius 1 is 1.35 bits per heavy atom. The molecule has 2 fully saturated rings. The van der Waals surface area contributed by atoms with Crippen molar-refractivity contribution in [3.8, 4) is 0 Å². The third kappa shape index (κ3) is 2.70. The molecule has 1 aromatic rings. The van der Waals surface area contributed by atoms with E-state index < -0.39 is 0 Å². The van der Waals surface area contributed by atoms with E-state index in [2.05, 4.69) is 23.7 Å². The summed E-state index contributed by atoms with van der Waals surface area (Å²) < 4.78 is 0. The van der Waals surface area contributed by atoms with Crippen LogP contribution in [-0.4, -0.2) is 42.0 Å². The van der Waals surface area contributed by atoms with E-state index in [1.165, 1.54) is 19.5 Å². The second-order valence-corrected chi connectivity index (χ2v) is 6.30. The maximum Gasteiger partial charge on any atom is 0.228 e. The van der Waals surface area contributed by atoms with Gasteiger partial charge < -0.3 is 4.90 Å².